The lowest BCUT2D eigenvalue weighted by atomic mass is 9.61. The van der Waals surface area contributed by atoms with Crippen LogP contribution in [0.2, 0.25) is 0 Å². The molecule has 21 heavy (non-hydrogen) atoms. The largest absolute Gasteiger partial charge is 0.481 e. The first-order valence-electron chi connectivity index (χ1n) is 8.73. The third-order valence-corrected chi connectivity index (χ3v) is 7.28. The van der Waals surface area contributed by atoms with Gasteiger partial charge in [0.25, 0.3) is 0 Å². The van der Waals surface area contributed by atoms with E-state index in [1.54, 1.807) is 0 Å². The molecule has 2 saturated carbocycles. The first-order chi connectivity index (χ1) is 10.1. The van der Waals surface area contributed by atoms with E-state index in [0.29, 0.717) is 10.7 Å². The topological polar surface area (TPSA) is 40.5 Å². The van der Waals surface area contributed by atoms with Crippen molar-refractivity contribution in [1.29, 1.82) is 0 Å². The van der Waals surface area contributed by atoms with Crippen LogP contribution >= 0.6 is 15.9 Å². The lowest BCUT2D eigenvalue weighted by Crippen LogP contribution is -2.46. The predicted octanol–water partition coefficient (Wildman–Crippen LogP) is 4.05. The Morgan fingerprint density at radius 2 is 1.57 bits per heavy atom. The Bertz CT molecular complexity index is 365. The lowest BCUT2D eigenvalue weighted by Gasteiger charge is -2.45. The van der Waals surface area contributed by atoms with Gasteiger partial charge in [0.15, 0.2) is 0 Å². The molecule has 0 unspecified atom stereocenters. The Labute approximate surface area is 136 Å². The van der Waals surface area contributed by atoms with Gasteiger partial charge in [-0.3, -0.25) is 4.79 Å². The van der Waals surface area contributed by atoms with Crippen molar-refractivity contribution in [2.45, 2.75) is 75.1 Å². The maximum absolute atomic E-state index is 12.0. The average Bonchev–Trinajstić information content (AvgIpc) is 3.02. The minimum absolute atomic E-state index is 0.411. The summed E-state index contributed by atoms with van der Waals surface area (Å²) in [7, 11) is 0. The van der Waals surface area contributed by atoms with Crippen molar-refractivity contribution in [2.75, 3.05) is 13.1 Å². The van der Waals surface area contributed by atoms with E-state index in [0.717, 1.165) is 44.6 Å². The number of rotatable bonds is 3. The maximum Gasteiger partial charge on any atom is 0.309 e. The molecule has 1 N–H and O–H groups in total. The van der Waals surface area contributed by atoms with Crippen molar-refractivity contribution in [3.05, 3.63) is 0 Å². The van der Waals surface area contributed by atoms with Crippen LogP contribution in [0.15, 0.2) is 0 Å². The second-order valence-corrected chi connectivity index (χ2v) is 8.68. The normalized spacial score (nSPS) is 42.0. The summed E-state index contributed by atoms with van der Waals surface area (Å²) in [5.41, 5.74) is -0.416. The van der Waals surface area contributed by atoms with E-state index >= 15 is 0 Å². The van der Waals surface area contributed by atoms with Crippen molar-refractivity contribution < 1.29 is 9.90 Å². The molecular formula is C17H28BrNO2. The lowest BCUT2D eigenvalue weighted by molar-refractivity contribution is -0.156. The van der Waals surface area contributed by atoms with Gasteiger partial charge in [0.1, 0.15) is 0 Å². The molecule has 0 amide bonds. The molecule has 4 heteroatoms. The van der Waals surface area contributed by atoms with Crippen LogP contribution in [0.4, 0.5) is 0 Å². The highest BCUT2D eigenvalue weighted by Crippen LogP contribution is 2.50. The van der Waals surface area contributed by atoms with Crippen molar-refractivity contribution in [1.82, 2.24) is 4.90 Å². The van der Waals surface area contributed by atoms with Gasteiger partial charge in [-0.1, -0.05) is 15.9 Å². The molecule has 0 radical (unpaired) electrons. The zero-order chi connectivity index (χ0) is 14.9. The first-order valence-corrected chi connectivity index (χ1v) is 9.65. The highest BCUT2D eigenvalue weighted by atomic mass is 79.9. The molecule has 120 valence electrons. The van der Waals surface area contributed by atoms with Gasteiger partial charge < -0.3 is 10.0 Å². The fourth-order valence-corrected chi connectivity index (χ4v) is 5.45. The third kappa shape index (κ3) is 3.17. The van der Waals surface area contributed by atoms with Gasteiger partial charge in [-0.15, -0.1) is 0 Å². The van der Waals surface area contributed by atoms with Crippen molar-refractivity contribution in [3.8, 4) is 0 Å². The van der Waals surface area contributed by atoms with Gasteiger partial charge in [-0.25, -0.2) is 0 Å². The summed E-state index contributed by atoms with van der Waals surface area (Å²) in [6.07, 6.45) is 11.2. The number of aliphatic carboxylic acids is 1. The van der Waals surface area contributed by atoms with Crippen LogP contribution in [0.3, 0.4) is 0 Å². The number of carbonyl (C=O) groups is 1. The van der Waals surface area contributed by atoms with E-state index in [2.05, 4.69) is 20.8 Å². The number of hydrogen-bond acceptors (Lipinski definition) is 2. The number of nitrogens with zero attached hydrogens (tertiary/aromatic N) is 1. The van der Waals surface area contributed by atoms with Gasteiger partial charge in [-0.2, -0.15) is 0 Å². The number of carboxylic acids is 1. The summed E-state index contributed by atoms with van der Waals surface area (Å²) in [6, 6.07) is 0.738. The maximum atomic E-state index is 12.0. The average molecular weight is 358 g/mol. The Morgan fingerprint density at radius 1 is 1.00 bits per heavy atom. The molecular weight excluding hydrogens is 330 g/mol. The van der Waals surface area contributed by atoms with E-state index in [-0.39, 0.29) is 0 Å². The van der Waals surface area contributed by atoms with Gasteiger partial charge in [0, 0.05) is 10.9 Å². The molecule has 3 nitrogen and oxygen atoms in total. The van der Waals surface area contributed by atoms with Crippen LogP contribution in [0, 0.1) is 11.3 Å². The number of likely N-dealkylation sites (tertiary alicyclic amines) is 1. The molecule has 0 aromatic carbocycles. The fourth-order valence-electron chi connectivity index (χ4n) is 4.99. The summed E-state index contributed by atoms with van der Waals surface area (Å²) in [5, 5.41) is 9.88. The van der Waals surface area contributed by atoms with Crippen LogP contribution < -0.4 is 0 Å². The molecule has 3 aliphatic rings. The molecule has 1 heterocycles. The quantitative estimate of drug-likeness (QED) is 0.774. The Morgan fingerprint density at radius 3 is 2.10 bits per heavy atom. The molecule has 3 fully saturated rings. The monoisotopic (exact) mass is 357 g/mol. The van der Waals surface area contributed by atoms with E-state index in [1.165, 1.54) is 38.8 Å². The van der Waals surface area contributed by atoms with Crippen LogP contribution in [0.5, 0.6) is 0 Å². The van der Waals surface area contributed by atoms with Crippen molar-refractivity contribution in [2.24, 2.45) is 11.3 Å². The number of alkyl halides is 1. The zero-order valence-corrected chi connectivity index (χ0v) is 14.5. The minimum Gasteiger partial charge on any atom is -0.481 e. The molecule has 0 atom stereocenters. The standard InChI is InChI=1S/C17H28BrNO2/c18-14-7-9-17(10-8-14,16(20)21)13-3-5-15(6-4-13)19-11-1-2-12-19/h13-15H,1-12H2,(H,20,21). The molecule has 1 aliphatic heterocycles. The number of halogens is 1. The van der Waals surface area contributed by atoms with Crippen LogP contribution in [0.25, 0.3) is 0 Å². The predicted molar refractivity (Wildman–Crippen MR) is 87.8 cm³/mol. The van der Waals surface area contributed by atoms with Crippen LogP contribution in [-0.4, -0.2) is 39.9 Å². The summed E-state index contributed by atoms with van der Waals surface area (Å²) < 4.78 is 0. The minimum atomic E-state index is -0.522. The smallest absolute Gasteiger partial charge is 0.309 e. The van der Waals surface area contributed by atoms with E-state index in [9.17, 15) is 9.90 Å². The molecule has 1 saturated heterocycles. The van der Waals surface area contributed by atoms with E-state index < -0.39 is 11.4 Å². The molecule has 3 rings (SSSR count). The van der Waals surface area contributed by atoms with Crippen LogP contribution in [-0.2, 0) is 4.79 Å². The summed E-state index contributed by atoms with van der Waals surface area (Å²) in [6.45, 7) is 2.54. The molecule has 0 aromatic heterocycles. The van der Waals surface area contributed by atoms with Gasteiger partial charge in [0.2, 0.25) is 0 Å². The van der Waals surface area contributed by atoms with Crippen LogP contribution in [0.1, 0.15) is 64.2 Å². The third-order valence-electron chi connectivity index (χ3n) is 6.37. The second-order valence-electron chi connectivity index (χ2n) is 7.38. The molecule has 0 bridgehead atoms. The molecule has 0 spiro atoms. The van der Waals surface area contributed by atoms with Crippen molar-refractivity contribution in [3.63, 3.8) is 0 Å². The molecule has 0 aromatic rings. The van der Waals surface area contributed by atoms with Gasteiger partial charge in [-0.05, 0) is 83.2 Å². The number of hydrogen-bond donors (Lipinski definition) is 1. The summed E-state index contributed by atoms with van der Waals surface area (Å²) >= 11 is 3.67. The fraction of sp³-hybridized carbons (Fsp3) is 0.941. The first kappa shape index (κ1) is 15.8. The SMILES string of the molecule is O=C(O)C1(C2CCC(N3CCCC3)CC2)CCC(Br)CC1. The Balaban J connectivity index is 1.62. The Hall–Kier alpha value is -0.0900. The zero-order valence-electron chi connectivity index (χ0n) is 12.9. The van der Waals surface area contributed by atoms with Crippen molar-refractivity contribution >= 4 is 21.9 Å². The Kier molecular flexibility index (Phi) is 4.94. The highest BCUT2D eigenvalue weighted by Gasteiger charge is 2.48. The van der Waals surface area contributed by atoms with Gasteiger partial charge >= 0.3 is 5.97 Å². The van der Waals surface area contributed by atoms with E-state index in [1.807, 2.05) is 0 Å². The van der Waals surface area contributed by atoms with Gasteiger partial charge in [0.05, 0.1) is 5.41 Å². The summed E-state index contributed by atoms with van der Waals surface area (Å²) in [5.74, 6) is -0.111. The molecule has 2 aliphatic carbocycles. The highest BCUT2D eigenvalue weighted by molar-refractivity contribution is 9.09. The second kappa shape index (κ2) is 6.57. The summed E-state index contributed by atoms with van der Waals surface area (Å²) in [4.78, 5) is 15.2. The number of carboxylic acid groups (broad SMARTS) is 1. The van der Waals surface area contributed by atoms with E-state index in [4.69, 9.17) is 0 Å².